The Labute approximate surface area is 254 Å². The first kappa shape index (κ1) is 28.2. The Morgan fingerprint density at radius 3 is 2.09 bits per heavy atom. The number of thioether (sulfide) groups is 1. The third-order valence-electron chi connectivity index (χ3n) is 7.38. The van der Waals surface area contributed by atoms with Gasteiger partial charge in [0.05, 0.1) is 6.42 Å². The Kier molecular flexibility index (Phi) is 8.47. The fourth-order valence-electron chi connectivity index (χ4n) is 5.23. The highest BCUT2D eigenvalue weighted by Crippen LogP contribution is 2.41. The molecule has 8 heteroatoms. The Bertz CT molecular complexity index is 1610. The fourth-order valence-corrected chi connectivity index (χ4v) is 6.43. The maximum atomic E-state index is 14.1. The van der Waals surface area contributed by atoms with Crippen LogP contribution >= 0.6 is 11.8 Å². The molecular weight excluding hydrogens is 558 g/mol. The first-order valence-corrected chi connectivity index (χ1v) is 14.9. The highest BCUT2D eigenvalue weighted by atomic mass is 32.2. The minimum Gasteiger partial charge on any atom is -0.451 e. The molecule has 0 aliphatic carbocycles. The van der Waals surface area contributed by atoms with Crippen LogP contribution in [0.2, 0.25) is 0 Å². The zero-order chi connectivity index (χ0) is 29.6. The lowest BCUT2D eigenvalue weighted by atomic mass is 9.96. The number of rotatable bonds is 9. The van der Waals surface area contributed by atoms with Crippen molar-refractivity contribution in [3.8, 4) is 0 Å². The normalized spacial score (nSPS) is 19.4. The molecular formula is C35H29N3O4S. The molecule has 0 radical (unpaired) electrons. The molecule has 2 aliphatic heterocycles. The standard InChI is InChI=1S/C35H29N3O4S/c39-29(22-25-10-4-1-5-11-25)37-30-33(40)38-31(28(23-43-34(30)38)17-16-24-18-20-36-21-19-24)35(41)42-32(26-12-6-2-7-13-26)27-14-8-3-9-15-27/h1-21,23,30-32,34H,22H2,(H,37,39)/t30?,31?,34-/m1/s1. The first-order valence-electron chi connectivity index (χ1n) is 14.0. The van der Waals surface area contributed by atoms with Crippen LogP contribution in [0.1, 0.15) is 28.4 Å². The third kappa shape index (κ3) is 6.29. The minimum atomic E-state index is -0.978. The van der Waals surface area contributed by atoms with Gasteiger partial charge in [0.15, 0.2) is 12.1 Å². The number of β-lactam (4-membered cyclic amide) rings is 1. The molecule has 3 heterocycles. The largest absolute Gasteiger partial charge is 0.451 e. The van der Waals surface area contributed by atoms with Crippen molar-refractivity contribution in [3.63, 3.8) is 0 Å². The van der Waals surface area contributed by atoms with E-state index in [1.54, 1.807) is 12.4 Å². The smallest absolute Gasteiger partial charge is 0.334 e. The van der Waals surface area contributed by atoms with Crippen LogP contribution in [0.15, 0.2) is 133 Å². The number of carbonyl (C=O) groups is 3. The second-order valence-corrected chi connectivity index (χ2v) is 11.2. The van der Waals surface area contributed by atoms with Gasteiger partial charge in [-0.2, -0.15) is 0 Å². The summed E-state index contributed by atoms with van der Waals surface area (Å²) in [7, 11) is 0. The van der Waals surface area contributed by atoms with Gasteiger partial charge < -0.3 is 15.0 Å². The van der Waals surface area contributed by atoms with Gasteiger partial charge in [0.25, 0.3) is 0 Å². The van der Waals surface area contributed by atoms with E-state index in [1.165, 1.54) is 16.7 Å². The van der Waals surface area contributed by atoms with Crippen molar-refractivity contribution in [2.45, 2.75) is 30.0 Å². The summed E-state index contributed by atoms with van der Waals surface area (Å²) >= 11 is 1.41. The molecule has 4 aromatic rings. The summed E-state index contributed by atoms with van der Waals surface area (Å²) in [5.41, 5.74) is 4.04. The molecule has 6 rings (SSSR count). The fraction of sp³-hybridized carbons (Fsp3) is 0.143. The van der Waals surface area contributed by atoms with Gasteiger partial charge in [-0.15, -0.1) is 11.8 Å². The number of amides is 2. The maximum Gasteiger partial charge on any atom is 0.334 e. The minimum absolute atomic E-state index is 0.166. The van der Waals surface area contributed by atoms with E-state index < -0.39 is 29.5 Å². The SMILES string of the molecule is O=C(Cc1ccccc1)NC1C(=O)N2C(C(=O)OC(c3ccccc3)c3ccccc3)C(C=Cc3ccncc3)=CS[C@H]12. The second kappa shape index (κ2) is 12.9. The van der Waals surface area contributed by atoms with Gasteiger partial charge in [-0.3, -0.25) is 14.6 Å². The highest BCUT2D eigenvalue weighted by Gasteiger charge is 2.56. The van der Waals surface area contributed by atoms with Gasteiger partial charge >= 0.3 is 5.97 Å². The van der Waals surface area contributed by atoms with Crippen LogP contribution in [0, 0.1) is 0 Å². The number of pyridine rings is 1. The molecule has 0 saturated carbocycles. The summed E-state index contributed by atoms with van der Waals surface area (Å²) in [6.07, 6.45) is 6.60. The van der Waals surface area contributed by atoms with Crippen molar-refractivity contribution in [1.29, 1.82) is 0 Å². The van der Waals surface area contributed by atoms with Crippen LogP contribution in [0.25, 0.3) is 6.08 Å². The van der Waals surface area contributed by atoms with Crippen molar-refractivity contribution in [1.82, 2.24) is 15.2 Å². The van der Waals surface area contributed by atoms with Gasteiger partial charge in [-0.25, -0.2) is 4.79 Å². The molecule has 2 unspecified atom stereocenters. The number of ether oxygens (including phenoxy) is 1. The molecule has 7 nitrogen and oxygen atoms in total. The number of esters is 1. The average molecular weight is 588 g/mol. The molecule has 1 aromatic heterocycles. The Morgan fingerprint density at radius 1 is 0.860 bits per heavy atom. The number of fused-ring (bicyclic) bond motifs is 1. The van der Waals surface area contributed by atoms with Gasteiger partial charge in [-0.1, -0.05) is 103 Å². The number of hydrogen-bond donors (Lipinski definition) is 1. The highest BCUT2D eigenvalue weighted by molar-refractivity contribution is 8.03. The van der Waals surface area contributed by atoms with E-state index in [-0.39, 0.29) is 18.2 Å². The summed E-state index contributed by atoms with van der Waals surface area (Å²) in [6.45, 7) is 0. The summed E-state index contributed by atoms with van der Waals surface area (Å²) < 4.78 is 6.23. The summed E-state index contributed by atoms with van der Waals surface area (Å²) in [5.74, 6) is -1.11. The van der Waals surface area contributed by atoms with Crippen LogP contribution in [0.3, 0.4) is 0 Å². The van der Waals surface area contributed by atoms with Gasteiger partial charge in [0.1, 0.15) is 11.4 Å². The monoisotopic (exact) mass is 587 g/mol. The van der Waals surface area contributed by atoms with Gasteiger partial charge in [-0.05, 0) is 45.4 Å². The number of aromatic nitrogens is 1. The average Bonchev–Trinajstić information content (AvgIpc) is 3.06. The Balaban J connectivity index is 1.27. The second-order valence-electron chi connectivity index (χ2n) is 10.3. The number of benzene rings is 3. The zero-order valence-corrected chi connectivity index (χ0v) is 24.0. The van der Waals surface area contributed by atoms with Crippen molar-refractivity contribution >= 4 is 35.6 Å². The van der Waals surface area contributed by atoms with Crippen LogP contribution in [0.4, 0.5) is 0 Å². The zero-order valence-electron chi connectivity index (χ0n) is 23.2. The van der Waals surface area contributed by atoms with E-state index in [4.69, 9.17) is 4.74 Å². The lowest BCUT2D eigenvalue weighted by Gasteiger charge is -2.51. The van der Waals surface area contributed by atoms with E-state index in [9.17, 15) is 14.4 Å². The first-order chi connectivity index (χ1) is 21.1. The molecule has 214 valence electrons. The number of carbonyl (C=O) groups excluding carboxylic acids is 3. The summed E-state index contributed by atoms with van der Waals surface area (Å²) in [5, 5.41) is 4.33. The van der Waals surface area contributed by atoms with Crippen LogP contribution in [-0.2, 0) is 25.5 Å². The van der Waals surface area contributed by atoms with Crippen LogP contribution in [0.5, 0.6) is 0 Å². The number of nitrogens with zero attached hydrogens (tertiary/aromatic N) is 2. The van der Waals surface area contributed by atoms with E-state index in [0.29, 0.717) is 5.57 Å². The molecule has 2 aliphatic rings. The van der Waals surface area contributed by atoms with E-state index >= 15 is 0 Å². The quantitative estimate of drug-likeness (QED) is 0.211. The van der Waals surface area contributed by atoms with Gasteiger partial charge in [0, 0.05) is 12.4 Å². The van der Waals surface area contributed by atoms with E-state index in [0.717, 1.165) is 22.3 Å². The maximum absolute atomic E-state index is 14.1. The molecule has 3 atom stereocenters. The van der Waals surface area contributed by atoms with Crippen molar-refractivity contribution in [2.75, 3.05) is 0 Å². The van der Waals surface area contributed by atoms with Crippen molar-refractivity contribution in [2.24, 2.45) is 0 Å². The third-order valence-corrected chi connectivity index (χ3v) is 8.56. The number of hydrogen-bond acceptors (Lipinski definition) is 6. The molecule has 1 N–H and O–H groups in total. The predicted octanol–water partition coefficient (Wildman–Crippen LogP) is 5.32. The summed E-state index contributed by atoms with van der Waals surface area (Å²) in [6, 6.07) is 30.4. The predicted molar refractivity (Wildman–Crippen MR) is 166 cm³/mol. The summed E-state index contributed by atoms with van der Waals surface area (Å²) in [4.78, 5) is 46.1. The van der Waals surface area contributed by atoms with E-state index in [2.05, 4.69) is 10.3 Å². The van der Waals surface area contributed by atoms with Crippen LogP contribution in [-0.4, -0.2) is 45.1 Å². The molecule has 1 saturated heterocycles. The van der Waals surface area contributed by atoms with Gasteiger partial charge in [0.2, 0.25) is 11.8 Å². The van der Waals surface area contributed by atoms with E-state index in [1.807, 2.05) is 121 Å². The Hall–Kier alpha value is -4.95. The number of nitrogens with one attached hydrogen (secondary N) is 1. The topological polar surface area (TPSA) is 88.6 Å². The molecule has 3 aromatic carbocycles. The molecule has 43 heavy (non-hydrogen) atoms. The Morgan fingerprint density at radius 2 is 1.47 bits per heavy atom. The molecule has 0 bridgehead atoms. The molecule has 1 fully saturated rings. The van der Waals surface area contributed by atoms with Crippen molar-refractivity contribution in [3.05, 3.63) is 155 Å². The van der Waals surface area contributed by atoms with Crippen LogP contribution < -0.4 is 5.32 Å². The lowest BCUT2D eigenvalue weighted by molar-refractivity contribution is -0.165. The molecule has 2 amide bonds. The molecule has 0 spiro atoms. The lowest BCUT2D eigenvalue weighted by Crippen LogP contribution is -2.74. The van der Waals surface area contributed by atoms with Crippen molar-refractivity contribution < 1.29 is 19.1 Å².